The van der Waals surface area contributed by atoms with Gasteiger partial charge in [0.15, 0.2) is 0 Å². The van der Waals surface area contributed by atoms with Gasteiger partial charge in [-0.3, -0.25) is 4.98 Å². The first-order chi connectivity index (χ1) is 9.40. The summed E-state index contributed by atoms with van der Waals surface area (Å²) in [4.78, 5) is 8.78. The van der Waals surface area contributed by atoms with Crippen LogP contribution in [-0.4, -0.2) is 16.6 Å². The Morgan fingerprint density at radius 1 is 1.26 bits per heavy atom. The molecule has 1 unspecified atom stereocenters. The quantitative estimate of drug-likeness (QED) is 0.848. The van der Waals surface area contributed by atoms with E-state index >= 15 is 0 Å². The van der Waals surface area contributed by atoms with Crippen LogP contribution in [0.3, 0.4) is 0 Å². The van der Waals surface area contributed by atoms with Gasteiger partial charge in [0.25, 0.3) is 0 Å². The Bertz CT molecular complexity index is 627. The second-order valence-electron chi connectivity index (χ2n) is 5.09. The highest BCUT2D eigenvalue weighted by atomic mass is 16.5. The summed E-state index contributed by atoms with van der Waals surface area (Å²) in [6.07, 6.45) is 7.23. The normalized spacial score (nSPS) is 20.1. The zero-order valence-electron chi connectivity index (χ0n) is 10.6. The Morgan fingerprint density at radius 3 is 3.26 bits per heavy atom. The van der Waals surface area contributed by atoms with Gasteiger partial charge in [-0.25, -0.2) is 4.98 Å². The summed E-state index contributed by atoms with van der Waals surface area (Å²) in [6.45, 7) is 0.602. The van der Waals surface area contributed by atoms with Crippen LogP contribution < -0.4 is 10.1 Å². The number of aromatic nitrogens is 2. The van der Waals surface area contributed by atoms with E-state index in [9.17, 15) is 0 Å². The first kappa shape index (κ1) is 10.8. The first-order valence-corrected chi connectivity index (χ1v) is 6.72. The Balaban J connectivity index is 1.64. The lowest BCUT2D eigenvalue weighted by molar-refractivity contribution is 0.275. The lowest BCUT2D eigenvalue weighted by Crippen LogP contribution is -2.24. The van der Waals surface area contributed by atoms with Gasteiger partial charge in [0.1, 0.15) is 6.61 Å². The van der Waals surface area contributed by atoms with Gasteiger partial charge in [-0.15, -0.1) is 0 Å². The van der Waals surface area contributed by atoms with Gasteiger partial charge in [-0.05, 0) is 42.5 Å². The number of anilines is 1. The molecule has 96 valence electrons. The van der Waals surface area contributed by atoms with E-state index in [4.69, 9.17) is 4.74 Å². The summed E-state index contributed by atoms with van der Waals surface area (Å²) in [5, 5.41) is 3.48. The summed E-state index contributed by atoms with van der Waals surface area (Å²) in [5.41, 5.74) is 4.83. The number of fused-ring (bicyclic) bond motifs is 2. The van der Waals surface area contributed by atoms with Crippen LogP contribution in [0.4, 0.5) is 5.69 Å². The molecule has 1 aliphatic carbocycles. The second kappa shape index (κ2) is 4.23. The molecule has 0 amide bonds. The van der Waals surface area contributed by atoms with Crippen LogP contribution in [0, 0.1) is 0 Å². The van der Waals surface area contributed by atoms with E-state index < -0.39 is 0 Å². The molecule has 0 spiro atoms. The number of nitrogens with one attached hydrogen (secondary N) is 1. The van der Waals surface area contributed by atoms with Crippen LogP contribution in [0.15, 0.2) is 30.6 Å². The minimum Gasteiger partial charge on any atom is -0.474 e. The molecule has 2 aromatic rings. The summed E-state index contributed by atoms with van der Waals surface area (Å²) in [6, 6.07) is 6.35. The molecule has 4 rings (SSSR count). The predicted molar refractivity (Wildman–Crippen MR) is 72.4 cm³/mol. The minimum absolute atomic E-state index is 0.162. The predicted octanol–water partition coefficient (Wildman–Crippen LogP) is 2.51. The molecule has 1 atom stereocenters. The van der Waals surface area contributed by atoms with E-state index in [1.807, 2.05) is 18.3 Å². The number of hydrogen-bond donors (Lipinski definition) is 1. The SMILES string of the molecule is c1cnc2c(c1)NC(c1cnc3c(c1)CCC3)CO2. The van der Waals surface area contributed by atoms with Crippen LogP contribution in [0.5, 0.6) is 5.88 Å². The number of rotatable bonds is 1. The van der Waals surface area contributed by atoms with E-state index in [1.165, 1.54) is 23.2 Å². The molecule has 19 heavy (non-hydrogen) atoms. The fraction of sp³-hybridized carbons (Fsp3) is 0.333. The monoisotopic (exact) mass is 253 g/mol. The van der Waals surface area contributed by atoms with E-state index in [-0.39, 0.29) is 6.04 Å². The van der Waals surface area contributed by atoms with Gasteiger partial charge in [0, 0.05) is 18.1 Å². The number of pyridine rings is 2. The fourth-order valence-electron chi connectivity index (χ4n) is 2.82. The third-order valence-electron chi connectivity index (χ3n) is 3.83. The molecular formula is C15H15N3O. The topological polar surface area (TPSA) is 47.0 Å². The summed E-state index contributed by atoms with van der Waals surface area (Å²) >= 11 is 0. The van der Waals surface area contributed by atoms with Crippen molar-refractivity contribution in [3.05, 3.63) is 47.4 Å². The highest BCUT2D eigenvalue weighted by molar-refractivity contribution is 5.55. The molecule has 2 aromatic heterocycles. The lowest BCUT2D eigenvalue weighted by Gasteiger charge is -2.26. The maximum Gasteiger partial charge on any atom is 0.237 e. The molecular weight excluding hydrogens is 238 g/mol. The molecule has 3 heterocycles. The van der Waals surface area contributed by atoms with Crippen molar-refractivity contribution >= 4 is 5.69 Å². The Morgan fingerprint density at radius 2 is 2.26 bits per heavy atom. The summed E-state index contributed by atoms with van der Waals surface area (Å²) in [7, 11) is 0. The van der Waals surface area contributed by atoms with Crippen molar-refractivity contribution in [2.24, 2.45) is 0 Å². The Hall–Kier alpha value is -2.10. The molecule has 1 N–H and O–H groups in total. The van der Waals surface area contributed by atoms with Crippen molar-refractivity contribution in [1.29, 1.82) is 0 Å². The third-order valence-corrected chi connectivity index (χ3v) is 3.83. The maximum atomic E-state index is 5.71. The number of hydrogen-bond acceptors (Lipinski definition) is 4. The average molecular weight is 253 g/mol. The fourth-order valence-corrected chi connectivity index (χ4v) is 2.82. The maximum absolute atomic E-state index is 5.71. The van der Waals surface area contributed by atoms with Crippen molar-refractivity contribution < 1.29 is 4.74 Å². The van der Waals surface area contributed by atoms with Gasteiger partial charge in [-0.1, -0.05) is 6.07 Å². The van der Waals surface area contributed by atoms with Gasteiger partial charge in [-0.2, -0.15) is 0 Å². The van der Waals surface area contributed by atoms with Crippen LogP contribution in [0.2, 0.25) is 0 Å². The van der Waals surface area contributed by atoms with Gasteiger partial charge < -0.3 is 10.1 Å². The highest BCUT2D eigenvalue weighted by Gasteiger charge is 2.23. The summed E-state index contributed by atoms with van der Waals surface area (Å²) in [5.74, 6) is 0.688. The molecule has 0 radical (unpaired) electrons. The van der Waals surface area contributed by atoms with Crippen molar-refractivity contribution in [2.75, 3.05) is 11.9 Å². The van der Waals surface area contributed by atoms with Crippen LogP contribution in [-0.2, 0) is 12.8 Å². The van der Waals surface area contributed by atoms with Crippen LogP contribution in [0.25, 0.3) is 0 Å². The zero-order chi connectivity index (χ0) is 12.7. The van der Waals surface area contributed by atoms with Crippen LogP contribution >= 0.6 is 0 Å². The smallest absolute Gasteiger partial charge is 0.237 e. The van der Waals surface area contributed by atoms with Gasteiger partial charge in [0.2, 0.25) is 5.88 Å². The summed E-state index contributed by atoms with van der Waals surface area (Å²) < 4.78 is 5.71. The molecule has 4 heteroatoms. The Kier molecular flexibility index (Phi) is 2.40. The van der Waals surface area contributed by atoms with E-state index in [2.05, 4.69) is 21.4 Å². The largest absolute Gasteiger partial charge is 0.474 e. The number of aryl methyl sites for hydroxylation is 2. The van der Waals surface area contributed by atoms with Gasteiger partial charge in [0.05, 0.1) is 11.7 Å². The molecule has 0 bridgehead atoms. The van der Waals surface area contributed by atoms with E-state index in [0.717, 1.165) is 18.5 Å². The molecule has 0 aromatic carbocycles. The third kappa shape index (κ3) is 1.84. The lowest BCUT2D eigenvalue weighted by atomic mass is 10.1. The minimum atomic E-state index is 0.162. The molecule has 1 aliphatic heterocycles. The molecule has 0 saturated carbocycles. The Labute approximate surface area is 111 Å². The molecule has 2 aliphatic rings. The number of ether oxygens (including phenoxy) is 1. The van der Waals surface area contributed by atoms with Crippen molar-refractivity contribution in [3.63, 3.8) is 0 Å². The van der Waals surface area contributed by atoms with Crippen molar-refractivity contribution in [1.82, 2.24) is 9.97 Å². The molecule has 4 nitrogen and oxygen atoms in total. The van der Waals surface area contributed by atoms with E-state index in [0.29, 0.717) is 12.5 Å². The molecule has 0 saturated heterocycles. The number of nitrogens with zero attached hydrogens (tertiary/aromatic N) is 2. The second-order valence-corrected chi connectivity index (χ2v) is 5.09. The van der Waals surface area contributed by atoms with Crippen molar-refractivity contribution in [2.45, 2.75) is 25.3 Å². The van der Waals surface area contributed by atoms with Gasteiger partial charge >= 0.3 is 0 Å². The zero-order valence-corrected chi connectivity index (χ0v) is 10.6. The molecule has 0 fully saturated rings. The standard InChI is InChI=1S/C15H15N3O/c1-3-10-7-11(8-17-12(10)4-1)14-9-19-15-13(18-14)5-2-6-16-15/h2,5-8,14,18H,1,3-4,9H2. The highest BCUT2D eigenvalue weighted by Crippen LogP contribution is 2.32. The van der Waals surface area contributed by atoms with Crippen molar-refractivity contribution in [3.8, 4) is 5.88 Å². The average Bonchev–Trinajstić information content (AvgIpc) is 2.94. The van der Waals surface area contributed by atoms with Crippen LogP contribution in [0.1, 0.15) is 29.3 Å². The van der Waals surface area contributed by atoms with E-state index in [1.54, 1.807) is 6.20 Å². The first-order valence-electron chi connectivity index (χ1n) is 6.72.